The molecule has 0 aliphatic rings. The number of ether oxygens (including phenoxy) is 2. The lowest BCUT2D eigenvalue weighted by Gasteiger charge is -2.13. The Labute approximate surface area is 211 Å². The molecule has 4 aromatic rings. The smallest absolute Gasteiger partial charge is 0.422 e. The second kappa shape index (κ2) is 10.7. The first kappa shape index (κ1) is 27.0. The number of rotatable bonds is 7. The molecule has 0 aliphatic carbocycles. The predicted octanol–water partition coefficient (Wildman–Crippen LogP) is 8.77. The fraction of sp³-hybridized carbons (Fsp3) is 0.143. The summed E-state index contributed by atoms with van der Waals surface area (Å²) in [5, 5.41) is -0.309. The predicted molar refractivity (Wildman–Crippen MR) is 126 cm³/mol. The van der Waals surface area contributed by atoms with Crippen LogP contribution in [0.3, 0.4) is 0 Å². The lowest BCUT2D eigenvalue weighted by atomic mass is 9.97. The monoisotopic (exact) mass is 538 g/mol. The molecule has 4 aromatic carbocycles. The highest BCUT2D eigenvalue weighted by Gasteiger charge is 2.30. The van der Waals surface area contributed by atoms with Gasteiger partial charge in [-0.05, 0) is 41.6 Å². The van der Waals surface area contributed by atoms with Crippen LogP contribution in [0.1, 0.15) is 6.92 Å². The molecule has 2 nitrogen and oxygen atoms in total. The summed E-state index contributed by atoms with van der Waals surface area (Å²) in [6, 6.07) is 9.80. The summed E-state index contributed by atoms with van der Waals surface area (Å²) in [5.41, 5.74) is -0.438. The minimum atomic E-state index is -4.80. The van der Waals surface area contributed by atoms with Gasteiger partial charge in [-0.3, -0.25) is 0 Å². The summed E-state index contributed by atoms with van der Waals surface area (Å²) >= 11 is 0. The minimum absolute atomic E-state index is 0.0402. The van der Waals surface area contributed by atoms with Crippen molar-refractivity contribution < 1.29 is 44.6 Å². The molecule has 0 amide bonds. The van der Waals surface area contributed by atoms with Gasteiger partial charge >= 0.3 is 6.18 Å². The Morgan fingerprint density at radius 1 is 0.737 bits per heavy atom. The molecule has 0 aliphatic heterocycles. The third kappa shape index (κ3) is 5.74. The van der Waals surface area contributed by atoms with Crippen molar-refractivity contribution in [2.45, 2.75) is 13.1 Å². The second-order valence-corrected chi connectivity index (χ2v) is 8.18. The Bertz CT molecular complexity index is 1500. The Kier molecular flexibility index (Phi) is 7.61. The van der Waals surface area contributed by atoms with Crippen LogP contribution in [0.25, 0.3) is 33.0 Å². The quantitative estimate of drug-likeness (QED) is 0.173. The van der Waals surface area contributed by atoms with Gasteiger partial charge in [-0.25, -0.2) is 22.0 Å². The van der Waals surface area contributed by atoms with Crippen molar-refractivity contribution in [2.75, 3.05) is 13.2 Å². The van der Waals surface area contributed by atoms with Gasteiger partial charge in [-0.2, -0.15) is 13.2 Å². The van der Waals surface area contributed by atoms with Crippen LogP contribution >= 0.6 is 0 Å². The molecule has 0 spiro atoms. The first-order valence-electron chi connectivity index (χ1n) is 11.1. The highest BCUT2D eigenvalue weighted by Crippen LogP contribution is 2.36. The van der Waals surface area contributed by atoms with Crippen molar-refractivity contribution >= 4 is 10.8 Å². The van der Waals surface area contributed by atoms with E-state index in [1.807, 2.05) is 0 Å². The molecule has 0 N–H and O–H groups in total. The van der Waals surface area contributed by atoms with Crippen LogP contribution in [-0.4, -0.2) is 19.4 Å². The van der Waals surface area contributed by atoms with Gasteiger partial charge in [0.1, 0.15) is 29.8 Å². The Balaban J connectivity index is 1.66. The molecule has 0 radical (unpaired) electrons. The third-order valence-corrected chi connectivity index (χ3v) is 5.53. The van der Waals surface area contributed by atoms with E-state index in [0.29, 0.717) is 0 Å². The number of halogens is 8. The normalized spacial score (nSPS) is 11.9. The highest BCUT2D eigenvalue weighted by atomic mass is 19.4. The van der Waals surface area contributed by atoms with Crippen LogP contribution in [0.15, 0.2) is 66.7 Å². The van der Waals surface area contributed by atoms with Crippen LogP contribution < -0.4 is 9.47 Å². The van der Waals surface area contributed by atoms with Crippen molar-refractivity contribution in [1.82, 2.24) is 0 Å². The lowest BCUT2D eigenvalue weighted by molar-refractivity contribution is -0.154. The molecule has 0 saturated carbocycles. The summed E-state index contributed by atoms with van der Waals surface area (Å²) in [5.74, 6) is -6.73. The molecule has 0 saturated heterocycles. The summed E-state index contributed by atoms with van der Waals surface area (Å²) in [4.78, 5) is 0. The molecule has 0 aromatic heterocycles. The first-order valence-corrected chi connectivity index (χ1v) is 11.1. The number of hydrogen-bond donors (Lipinski definition) is 0. The molecule has 0 atom stereocenters. The number of alkyl halides is 3. The molecule has 0 heterocycles. The van der Waals surface area contributed by atoms with E-state index in [0.717, 1.165) is 30.3 Å². The summed E-state index contributed by atoms with van der Waals surface area (Å²) in [6.07, 6.45) is -1.44. The topological polar surface area (TPSA) is 18.5 Å². The number of fused-ring (bicyclic) bond motifs is 1. The van der Waals surface area contributed by atoms with Gasteiger partial charge < -0.3 is 9.47 Å². The zero-order valence-corrected chi connectivity index (χ0v) is 19.6. The maximum atomic E-state index is 15.1. The van der Waals surface area contributed by atoms with E-state index in [9.17, 15) is 30.7 Å². The van der Waals surface area contributed by atoms with Gasteiger partial charge in [0.15, 0.2) is 24.0 Å². The van der Waals surface area contributed by atoms with Crippen molar-refractivity contribution in [1.29, 1.82) is 0 Å². The molecule has 10 heteroatoms. The lowest BCUT2D eigenvalue weighted by Crippen LogP contribution is -2.20. The molecular formula is C28H18F8O2. The fourth-order valence-electron chi connectivity index (χ4n) is 3.82. The third-order valence-electron chi connectivity index (χ3n) is 5.53. The molecule has 198 valence electrons. The summed E-state index contributed by atoms with van der Waals surface area (Å²) in [7, 11) is 0. The van der Waals surface area contributed by atoms with E-state index in [1.54, 1.807) is 19.1 Å². The van der Waals surface area contributed by atoms with Gasteiger partial charge in [0, 0.05) is 23.1 Å². The largest absolute Gasteiger partial charge is 0.489 e. The average molecular weight is 538 g/mol. The van der Waals surface area contributed by atoms with Crippen LogP contribution in [0.5, 0.6) is 11.5 Å². The van der Waals surface area contributed by atoms with E-state index in [-0.39, 0.29) is 39.8 Å². The molecule has 4 rings (SSSR count). The minimum Gasteiger partial charge on any atom is -0.489 e. The van der Waals surface area contributed by atoms with Crippen LogP contribution in [0, 0.1) is 29.1 Å². The van der Waals surface area contributed by atoms with E-state index < -0.39 is 53.2 Å². The van der Waals surface area contributed by atoms with Gasteiger partial charge in [0.2, 0.25) is 0 Å². The van der Waals surface area contributed by atoms with Gasteiger partial charge in [0.25, 0.3) is 0 Å². The van der Waals surface area contributed by atoms with E-state index >= 15 is 4.39 Å². The fourth-order valence-corrected chi connectivity index (χ4v) is 3.82. The van der Waals surface area contributed by atoms with Crippen molar-refractivity contribution in [3.8, 4) is 33.8 Å². The van der Waals surface area contributed by atoms with E-state index in [2.05, 4.69) is 4.74 Å². The van der Waals surface area contributed by atoms with Crippen molar-refractivity contribution in [3.05, 3.63) is 95.8 Å². The average Bonchev–Trinajstić information content (AvgIpc) is 2.83. The molecule has 0 fully saturated rings. The molecular weight excluding hydrogens is 520 g/mol. The standard InChI is InChI=1S/C28H18F8O2/c1-2-3-8-37-18-12-22(30)25(23(31)13-18)16-5-6-19(21(29)10-16)15-4-7-20-17(9-15)11-24(32)27(26(20)33)38-14-28(34,35)36/h2-7,9-13H,8,14H2,1H3. The van der Waals surface area contributed by atoms with Crippen molar-refractivity contribution in [2.24, 2.45) is 0 Å². The Morgan fingerprint density at radius 2 is 1.42 bits per heavy atom. The Hall–Kier alpha value is -4.08. The zero-order chi connectivity index (χ0) is 27.6. The second-order valence-electron chi connectivity index (χ2n) is 8.18. The number of hydrogen-bond acceptors (Lipinski definition) is 2. The zero-order valence-electron chi connectivity index (χ0n) is 19.6. The Morgan fingerprint density at radius 3 is 2.05 bits per heavy atom. The van der Waals surface area contributed by atoms with Gasteiger partial charge in [-0.1, -0.05) is 36.4 Å². The molecule has 0 unspecified atom stereocenters. The number of allylic oxidation sites excluding steroid dienone is 1. The van der Waals surface area contributed by atoms with Gasteiger partial charge in [0.05, 0.1) is 5.56 Å². The molecule has 38 heavy (non-hydrogen) atoms. The van der Waals surface area contributed by atoms with Crippen LogP contribution in [0.2, 0.25) is 0 Å². The van der Waals surface area contributed by atoms with E-state index in [4.69, 9.17) is 4.74 Å². The summed E-state index contributed by atoms with van der Waals surface area (Å²) in [6.45, 7) is -0.0114. The van der Waals surface area contributed by atoms with Crippen molar-refractivity contribution in [3.63, 3.8) is 0 Å². The molecule has 0 bridgehead atoms. The van der Waals surface area contributed by atoms with E-state index in [1.165, 1.54) is 24.3 Å². The van der Waals surface area contributed by atoms with Crippen LogP contribution in [0.4, 0.5) is 35.1 Å². The van der Waals surface area contributed by atoms with Gasteiger partial charge in [-0.15, -0.1) is 0 Å². The SMILES string of the molecule is CC=CCOc1cc(F)c(-c2ccc(-c3ccc4c(F)c(OCC(F)(F)F)c(F)cc4c3)c(F)c2)c(F)c1. The van der Waals surface area contributed by atoms with Crippen LogP contribution in [-0.2, 0) is 0 Å². The maximum Gasteiger partial charge on any atom is 0.422 e. The number of benzene rings is 4. The maximum absolute atomic E-state index is 15.1. The first-order chi connectivity index (χ1) is 18.0. The summed E-state index contributed by atoms with van der Waals surface area (Å²) < 4.78 is 120. The highest BCUT2D eigenvalue weighted by molar-refractivity contribution is 5.89.